The zero-order valence-corrected chi connectivity index (χ0v) is 36.3. The first-order chi connectivity index (χ1) is 27.6. The van der Waals surface area contributed by atoms with Crippen LogP contribution in [-0.4, -0.2) is 59.9 Å². The Morgan fingerprint density at radius 2 is 0.965 bits per heavy atom. The number of carboxylic acids is 1. The lowest BCUT2D eigenvalue weighted by Gasteiger charge is -2.20. The van der Waals surface area contributed by atoms with Gasteiger partial charge in [-0.25, -0.2) is 4.57 Å². The lowest BCUT2D eigenvalue weighted by atomic mass is 10.0. The molecule has 0 aliphatic carbocycles. The minimum Gasteiger partial charge on any atom is -0.480 e. The third-order valence-electron chi connectivity index (χ3n) is 9.03. The van der Waals surface area contributed by atoms with E-state index in [0.29, 0.717) is 12.8 Å². The highest BCUT2D eigenvalue weighted by atomic mass is 31.2. The van der Waals surface area contributed by atoms with Crippen molar-refractivity contribution < 1.29 is 47.5 Å². The van der Waals surface area contributed by atoms with Gasteiger partial charge in [-0.1, -0.05) is 171 Å². The molecule has 57 heavy (non-hydrogen) atoms. The van der Waals surface area contributed by atoms with Gasteiger partial charge in [-0.15, -0.1) is 0 Å². The molecule has 0 spiro atoms. The molecule has 328 valence electrons. The van der Waals surface area contributed by atoms with Gasteiger partial charge >= 0.3 is 25.7 Å². The molecule has 0 saturated heterocycles. The molecule has 4 N–H and O–H groups in total. The maximum absolute atomic E-state index is 12.6. The van der Waals surface area contributed by atoms with E-state index < -0.39 is 51.1 Å². The van der Waals surface area contributed by atoms with Crippen molar-refractivity contribution in [3.05, 3.63) is 60.8 Å². The Labute approximate surface area is 345 Å². The quantitative estimate of drug-likeness (QED) is 0.0232. The number of carbonyl (C=O) groups is 3. The molecule has 0 aromatic heterocycles. The van der Waals surface area contributed by atoms with Gasteiger partial charge in [-0.05, 0) is 51.4 Å². The number of hydrogen-bond donors (Lipinski definition) is 3. The Balaban J connectivity index is 4.50. The van der Waals surface area contributed by atoms with E-state index in [1.807, 2.05) is 12.2 Å². The van der Waals surface area contributed by atoms with Crippen molar-refractivity contribution in [2.45, 2.75) is 187 Å². The van der Waals surface area contributed by atoms with Gasteiger partial charge in [0.15, 0.2) is 6.10 Å². The van der Waals surface area contributed by atoms with E-state index in [0.717, 1.165) is 51.4 Å². The summed E-state index contributed by atoms with van der Waals surface area (Å²) in [4.78, 5) is 45.9. The van der Waals surface area contributed by atoms with E-state index in [1.54, 1.807) is 0 Å². The Kier molecular flexibility index (Phi) is 38.0. The molecule has 0 aliphatic rings. The third-order valence-corrected chi connectivity index (χ3v) is 9.98. The minimum absolute atomic E-state index is 0.0371. The second-order valence-electron chi connectivity index (χ2n) is 14.5. The fraction of sp³-hybridized carbons (Fsp3) is 0.711. The Bertz CT molecular complexity index is 1200. The molecule has 0 fully saturated rings. The normalized spacial score (nSPS) is 14.3. The number of carboxylic acid groups (broad SMARTS) is 1. The molecule has 3 atom stereocenters. The number of ether oxygens (including phenoxy) is 2. The summed E-state index contributed by atoms with van der Waals surface area (Å²) in [6.07, 6.45) is 45.8. The molecule has 1 unspecified atom stereocenters. The molecule has 11 nitrogen and oxygen atoms in total. The van der Waals surface area contributed by atoms with Crippen LogP contribution in [0.4, 0.5) is 0 Å². The fourth-order valence-electron chi connectivity index (χ4n) is 5.58. The number of nitrogens with two attached hydrogens (primary N) is 1. The van der Waals surface area contributed by atoms with Crippen molar-refractivity contribution in [2.75, 3.05) is 19.8 Å². The van der Waals surface area contributed by atoms with Gasteiger partial charge in [0.05, 0.1) is 13.2 Å². The second-order valence-corrected chi connectivity index (χ2v) is 15.9. The number of phosphoric ester groups is 1. The highest BCUT2D eigenvalue weighted by Crippen LogP contribution is 2.43. The summed E-state index contributed by atoms with van der Waals surface area (Å²) in [5, 5.41) is 8.88. The summed E-state index contributed by atoms with van der Waals surface area (Å²) in [6, 6.07) is -1.53. The summed E-state index contributed by atoms with van der Waals surface area (Å²) in [5.74, 6) is -2.48. The van der Waals surface area contributed by atoms with Crippen molar-refractivity contribution in [1.82, 2.24) is 0 Å². The number of hydrogen-bond acceptors (Lipinski definition) is 9. The van der Waals surface area contributed by atoms with Crippen LogP contribution in [0.2, 0.25) is 0 Å². The Morgan fingerprint density at radius 3 is 1.46 bits per heavy atom. The lowest BCUT2D eigenvalue weighted by molar-refractivity contribution is -0.161. The Hall–Kier alpha value is -2.82. The van der Waals surface area contributed by atoms with Gasteiger partial charge in [-0.3, -0.25) is 23.4 Å². The first-order valence-electron chi connectivity index (χ1n) is 21.8. The largest absolute Gasteiger partial charge is 0.480 e. The van der Waals surface area contributed by atoms with Gasteiger partial charge in [0.2, 0.25) is 0 Å². The zero-order valence-electron chi connectivity index (χ0n) is 35.4. The van der Waals surface area contributed by atoms with E-state index in [9.17, 15) is 23.8 Å². The third kappa shape index (κ3) is 39.8. The molecule has 0 heterocycles. The van der Waals surface area contributed by atoms with E-state index in [2.05, 4.69) is 67.0 Å². The molecule has 0 aromatic rings. The molecule has 0 aromatic carbocycles. The molecular formula is C45H78NO10P. The SMILES string of the molecule is CCCCC/C=C/C/C=C/C/C=C/C/C=C/C/C=C/CCC(=O)O[C@H](COC(=O)CCCCCCCCCCCCCCCC)COP(=O)(O)OC[C@H](N)C(=O)O. The lowest BCUT2D eigenvalue weighted by Crippen LogP contribution is -2.34. The maximum atomic E-state index is 12.6. The Morgan fingerprint density at radius 1 is 0.544 bits per heavy atom. The fourth-order valence-corrected chi connectivity index (χ4v) is 6.35. The standard InChI is InChI=1S/C45H78NO10P/c1-3-5-7-9-11-13-15-17-19-20-21-22-23-25-27-29-31-33-35-37-44(48)56-41(39-54-57(51,52)55-40-42(46)45(49)50)38-53-43(47)36-34-32-30-28-26-24-18-16-14-12-10-8-6-4-2/h11,13,17,19,21-22,25,27,31,33,41-42H,3-10,12,14-16,18,20,23-24,26,28-30,32,34-40,46H2,1-2H3,(H,49,50)(H,51,52)/b13-11+,19-17+,22-21+,27-25+,33-31+/t41-,42+/m1/s1. The van der Waals surface area contributed by atoms with Crippen LogP contribution in [-0.2, 0) is 37.5 Å². The van der Waals surface area contributed by atoms with Gasteiger partial charge < -0.3 is 25.2 Å². The monoisotopic (exact) mass is 824 g/mol. The van der Waals surface area contributed by atoms with Crippen molar-refractivity contribution in [3.63, 3.8) is 0 Å². The van der Waals surface area contributed by atoms with Crippen LogP contribution >= 0.6 is 7.82 Å². The first kappa shape index (κ1) is 54.2. The number of unbranched alkanes of at least 4 members (excludes halogenated alkanes) is 16. The predicted molar refractivity (Wildman–Crippen MR) is 231 cm³/mol. The average molecular weight is 824 g/mol. The molecule has 0 radical (unpaired) electrons. The molecule has 0 bridgehead atoms. The van der Waals surface area contributed by atoms with Crippen LogP contribution < -0.4 is 5.73 Å². The van der Waals surface area contributed by atoms with Crippen molar-refractivity contribution in [1.29, 1.82) is 0 Å². The first-order valence-corrected chi connectivity index (χ1v) is 23.3. The minimum atomic E-state index is -4.74. The number of aliphatic carboxylic acids is 1. The number of carbonyl (C=O) groups excluding carboxylic acids is 2. The maximum Gasteiger partial charge on any atom is 0.472 e. The van der Waals surface area contributed by atoms with Gasteiger partial charge in [0, 0.05) is 12.8 Å². The second kappa shape index (κ2) is 40.0. The number of phosphoric acid groups is 1. The molecule has 12 heteroatoms. The van der Waals surface area contributed by atoms with E-state index in [4.69, 9.17) is 24.8 Å². The van der Waals surface area contributed by atoms with E-state index in [1.165, 1.54) is 83.5 Å². The topological polar surface area (TPSA) is 172 Å². The summed E-state index contributed by atoms with van der Waals surface area (Å²) < 4.78 is 32.6. The van der Waals surface area contributed by atoms with Crippen LogP contribution in [0.15, 0.2) is 60.8 Å². The molecular weight excluding hydrogens is 745 g/mol. The molecule has 0 amide bonds. The summed E-state index contributed by atoms with van der Waals surface area (Å²) in [6.45, 7) is 2.70. The smallest absolute Gasteiger partial charge is 0.472 e. The number of esters is 2. The van der Waals surface area contributed by atoms with Crippen molar-refractivity contribution in [2.24, 2.45) is 5.73 Å². The van der Waals surface area contributed by atoms with Gasteiger partial charge in [0.1, 0.15) is 12.6 Å². The number of allylic oxidation sites excluding steroid dienone is 10. The summed E-state index contributed by atoms with van der Waals surface area (Å²) >= 11 is 0. The highest BCUT2D eigenvalue weighted by molar-refractivity contribution is 7.47. The van der Waals surface area contributed by atoms with Gasteiger partial charge in [0.25, 0.3) is 0 Å². The molecule has 0 saturated carbocycles. The zero-order chi connectivity index (χ0) is 42.1. The van der Waals surface area contributed by atoms with E-state index >= 15 is 0 Å². The summed E-state index contributed by atoms with van der Waals surface area (Å²) in [7, 11) is -4.74. The van der Waals surface area contributed by atoms with E-state index in [-0.39, 0.29) is 19.4 Å². The summed E-state index contributed by atoms with van der Waals surface area (Å²) in [5.41, 5.74) is 5.33. The van der Waals surface area contributed by atoms with Crippen molar-refractivity contribution in [3.8, 4) is 0 Å². The van der Waals surface area contributed by atoms with Crippen LogP contribution in [0.25, 0.3) is 0 Å². The predicted octanol–water partition coefficient (Wildman–Crippen LogP) is 11.6. The van der Waals surface area contributed by atoms with Crippen LogP contribution in [0.5, 0.6) is 0 Å². The molecule has 0 aliphatic heterocycles. The van der Waals surface area contributed by atoms with Crippen molar-refractivity contribution >= 4 is 25.7 Å². The van der Waals surface area contributed by atoms with Gasteiger partial charge in [-0.2, -0.15) is 0 Å². The average Bonchev–Trinajstić information content (AvgIpc) is 3.19. The highest BCUT2D eigenvalue weighted by Gasteiger charge is 2.28. The number of rotatable bonds is 40. The molecule has 0 rings (SSSR count). The van der Waals surface area contributed by atoms with Crippen LogP contribution in [0.1, 0.15) is 174 Å². The van der Waals surface area contributed by atoms with Crippen LogP contribution in [0.3, 0.4) is 0 Å². The van der Waals surface area contributed by atoms with Crippen LogP contribution in [0, 0.1) is 0 Å².